The summed E-state index contributed by atoms with van der Waals surface area (Å²) >= 11 is 1.72. The number of fused-ring (bicyclic) bond motifs is 1. The Morgan fingerprint density at radius 2 is 2.00 bits per heavy atom. The van der Waals surface area contributed by atoms with Gasteiger partial charge in [-0.25, -0.2) is 4.98 Å². The second-order valence-corrected chi connectivity index (χ2v) is 6.62. The molecule has 2 aromatic rings. The van der Waals surface area contributed by atoms with Crippen LogP contribution in [0, 0.1) is 11.8 Å². The predicted octanol–water partition coefficient (Wildman–Crippen LogP) is 3.57. The van der Waals surface area contributed by atoms with E-state index in [9.17, 15) is 0 Å². The first-order chi connectivity index (χ1) is 8.90. The highest BCUT2D eigenvalue weighted by Gasteiger charge is 2.40. The maximum atomic E-state index is 4.39. The number of aromatic nitrogens is 1. The van der Waals surface area contributed by atoms with Crippen molar-refractivity contribution in [1.29, 1.82) is 0 Å². The van der Waals surface area contributed by atoms with Crippen molar-refractivity contribution in [1.82, 2.24) is 10.3 Å². The number of thiazole rings is 1. The lowest BCUT2D eigenvalue weighted by Gasteiger charge is -2.17. The molecule has 18 heavy (non-hydrogen) atoms. The van der Waals surface area contributed by atoms with Gasteiger partial charge in [-0.15, -0.1) is 11.3 Å². The molecule has 0 bridgehead atoms. The molecule has 1 N–H and O–H groups in total. The first-order valence-corrected chi connectivity index (χ1v) is 7.83. The van der Waals surface area contributed by atoms with Gasteiger partial charge in [-0.3, -0.25) is 0 Å². The van der Waals surface area contributed by atoms with Crippen molar-refractivity contribution in [3.63, 3.8) is 0 Å². The summed E-state index contributed by atoms with van der Waals surface area (Å²) in [6.07, 6.45) is 5.77. The standard InChI is InChI=1S/C15H18N2S/c1-6-14-13(17-9-18-14)7-10(1)8-16-15(11-2-3-11)12-4-5-12/h1,6-7,9,11-12,15-16H,2-5,8H2. The Bertz CT molecular complexity index is 542. The molecule has 0 atom stereocenters. The zero-order valence-corrected chi connectivity index (χ0v) is 11.2. The summed E-state index contributed by atoms with van der Waals surface area (Å²) in [5, 5.41) is 3.79. The van der Waals surface area contributed by atoms with Crippen molar-refractivity contribution in [3.05, 3.63) is 29.3 Å². The molecule has 2 aliphatic rings. The fourth-order valence-electron chi connectivity index (χ4n) is 2.88. The van der Waals surface area contributed by atoms with Gasteiger partial charge in [-0.2, -0.15) is 0 Å². The average Bonchev–Trinajstić information content (AvgIpc) is 3.29. The van der Waals surface area contributed by atoms with Gasteiger partial charge in [0.2, 0.25) is 0 Å². The van der Waals surface area contributed by atoms with Crippen LogP contribution in [0.3, 0.4) is 0 Å². The van der Waals surface area contributed by atoms with Gasteiger partial charge in [0.05, 0.1) is 15.7 Å². The lowest BCUT2D eigenvalue weighted by molar-refractivity contribution is 0.416. The summed E-state index contributed by atoms with van der Waals surface area (Å²) in [5.74, 6) is 1.95. The van der Waals surface area contributed by atoms with Crippen LogP contribution in [0.15, 0.2) is 23.7 Å². The molecule has 2 nitrogen and oxygen atoms in total. The summed E-state index contributed by atoms with van der Waals surface area (Å²) in [6.45, 7) is 1.01. The van der Waals surface area contributed by atoms with Gasteiger partial charge in [0.1, 0.15) is 0 Å². The van der Waals surface area contributed by atoms with Crippen molar-refractivity contribution in [2.75, 3.05) is 0 Å². The van der Waals surface area contributed by atoms with Gasteiger partial charge in [-0.05, 0) is 55.2 Å². The fourth-order valence-corrected chi connectivity index (χ4v) is 3.54. The molecule has 0 spiro atoms. The Morgan fingerprint density at radius 3 is 2.72 bits per heavy atom. The summed E-state index contributed by atoms with van der Waals surface area (Å²) < 4.78 is 1.29. The first kappa shape index (κ1) is 10.9. The number of hydrogen-bond donors (Lipinski definition) is 1. The van der Waals surface area contributed by atoms with Crippen molar-refractivity contribution < 1.29 is 0 Å². The van der Waals surface area contributed by atoms with E-state index in [0.29, 0.717) is 0 Å². The summed E-state index contributed by atoms with van der Waals surface area (Å²) in [6, 6.07) is 7.46. The van der Waals surface area contributed by atoms with Crippen molar-refractivity contribution >= 4 is 21.6 Å². The maximum Gasteiger partial charge on any atom is 0.0815 e. The van der Waals surface area contributed by atoms with Crippen LogP contribution in [0.4, 0.5) is 0 Å². The summed E-state index contributed by atoms with van der Waals surface area (Å²) in [4.78, 5) is 4.39. The van der Waals surface area contributed by atoms with E-state index in [-0.39, 0.29) is 0 Å². The largest absolute Gasteiger partial charge is 0.309 e. The SMILES string of the molecule is c1nc2cc(CNC(C3CC3)C3CC3)ccc2s1. The van der Waals surface area contributed by atoms with Crippen LogP contribution in [-0.2, 0) is 6.54 Å². The highest BCUT2D eigenvalue weighted by molar-refractivity contribution is 7.16. The van der Waals surface area contributed by atoms with Gasteiger partial charge >= 0.3 is 0 Å². The summed E-state index contributed by atoms with van der Waals surface area (Å²) in [7, 11) is 0. The first-order valence-electron chi connectivity index (χ1n) is 6.96. The quantitative estimate of drug-likeness (QED) is 0.886. The molecule has 2 aliphatic carbocycles. The number of benzene rings is 1. The third-order valence-corrected chi connectivity index (χ3v) is 5.01. The van der Waals surface area contributed by atoms with E-state index in [1.807, 2.05) is 5.51 Å². The van der Waals surface area contributed by atoms with Gasteiger partial charge in [0.15, 0.2) is 0 Å². The van der Waals surface area contributed by atoms with Crippen LogP contribution in [-0.4, -0.2) is 11.0 Å². The zero-order valence-electron chi connectivity index (χ0n) is 10.4. The molecule has 0 saturated heterocycles. The topological polar surface area (TPSA) is 24.9 Å². The third-order valence-electron chi connectivity index (χ3n) is 4.20. The second kappa shape index (κ2) is 4.32. The lowest BCUT2D eigenvalue weighted by Crippen LogP contribution is -2.32. The number of rotatable bonds is 5. The molecule has 94 valence electrons. The molecule has 1 aromatic heterocycles. The van der Waals surface area contributed by atoms with E-state index in [1.165, 1.54) is 35.9 Å². The Balaban J connectivity index is 1.46. The minimum Gasteiger partial charge on any atom is -0.309 e. The number of hydrogen-bond acceptors (Lipinski definition) is 3. The molecular formula is C15H18N2S. The van der Waals surface area contributed by atoms with E-state index in [2.05, 4.69) is 28.5 Å². The van der Waals surface area contributed by atoms with Crippen molar-refractivity contribution in [2.24, 2.45) is 11.8 Å². The predicted molar refractivity (Wildman–Crippen MR) is 75.7 cm³/mol. The average molecular weight is 258 g/mol. The third kappa shape index (κ3) is 2.17. The monoisotopic (exact) mass is 258 g/mol. The van der Waals surface area contributed by atoms with E-state index >= 15 is 0 Å². The van der Waals surface area contributed by atoms with Gasteiger partial charge in [0, 0.05) is 12.6 Å². The minimum atomic E-state index is 0.788. The Hall–Kier alpha value is -0.930. The van der Waals surface area contributed by atoms with E-state index in [1.54, 1.807) is 11.3 Å². The molecule has 1 heterocycles. The van der Waals surface area contributed by atoms with Crippen molar-refractivity contribution in [3.8, 4) is 0 Å². The molecule has 0 radical (unpaired) electrons. The summed E-state index contributed by atoms with van der Waals surface area (Å²) in [5.41, 5.74) is 4.45. The second-order valence-electron chi connectivity index (χ2n) is 5.74. The Labute approximate surface area is 111 Å². The zero-order chi connectivity index (χ0) is 11.9. The van der Waals surface area contributed by atoms with Crippen LogP contribution in [0.5, 0.6) is 0 Å². The highest BCUT2D eigenvalue weighted by Crippen LogP contribution is 2.44. The van der Waals surface area contributed by atoms with Crippen LogP contribution in [0.1, 0.15) is 31.2 Å². The Morgan fingerprint density at radius 1 is 1.22 bits per heavy atom. The molecule has 4 rings (SSSR count). The molecule has 0 amide bonds. The van der Waals surface area contributed by atoms with Gasteiger partial charge < -0.3 is 5.32 Å². The number of nitrogens with one attached hydrogen (secondary N) is 1. The van der Waals surface area contributed by atoms with Gasteiger partial charge in [0.25, 0.3) is 0 Å². The normalized spacial score (nSPS) is 19.8. The molecule has 0 unspecified atom stereocenters. The smallest absolute Gasteiger partial charge is 0.0815 e. The van der Waals surface area contributed by atoms with Crippen LogP contribution >= 0.6 is 11.3 Å². The molecule has 1 aromatic carbocycles. The van der Waals surface area contributed by atoms with Gasteiger partial charge in [-0.1, -0.05) is 6.07 Å². The molecule has 2 saturated carbocycles. The lowest BCUT2D eigenvalue weighted by atomic mass is 10.1. The fraction of sp³-hybridized carbons (Fsp3) is 0.533. The van der Waals surface area contributed by atoms with E-state index in [0.717, 1.165) is 29.9 Å². The van der Waals surface area contributed by atoms with E-state index in [4.69, 9.17) is 0 Å². The molecule has 3 heteroatoms. The van der Waals surface area contributed by atoms with Crippen LogP contribution < -0.4 is 5.32 Å². The minimum absolute atomic E-state index is 0.788. The molecular weight excluding hydrogens is 240 g/mol. The maximum absolute atomic E-state index is 4.39. The highest BCUT2D eigenvalue weighted by atomic mass is 32.1. The van der Waals surface area contributed by atoms with Crippen molar-refractivity contribution in [2.45, 2.75) is 38.3 Å². The van der Waals surface area contributed by atoms with E-state index < -0.39 is 0 Å². The Kier molecular flexibility index (Phi) is 2.63. The number of nitrogens with zero attached hydrogens (tertiary/aromatic N) is 1. The molecule has 2 fully saturated rings. The van der Waals surface area contributed by atoms with Crippen LogP contribution in [0.25, 0.3) is 10.2 Å². The van der Waals surface area contributed by atoms with Crippen LogP contribution in [0.2, 0.25) is 0 Å². The molecule has 0 aliphatic heterocycles.